The van der Waals surface area contributed by atoms with E-state index in [1.165, 1.54) is 11.3 Å². The number of thiophene rings is 1. The summed E-state index contributed by atoms with van der Waals surface area (Å²) < 4.78 is 5.39. The third-order valence-corrected chi connectivity index (χ3v) is 4.95. The highest BCUT2D eigenvalue weighted by Gasteiger charge is 2.20. The number of anilines is 2. The highest BCUT2D eigenvalue weighted by Crippen LogP contribution is 2.35. The van der Waals surface area contributed by atoms with Crippen LogP contribution in [0, 0.1) is 6.92 Å². The molecule has 0 spiro atoms. The molecule has 0 saturated carbocycles. The lowest BCUT2D eigenvalue weighted by molar-refractivity contribution is 0.103. The van der Waals surface area contributed by atoms with Crippen LogP contribution in [0.4, 0.5) is 11.4 Å². The molecule has 2 aromatic rings. The molecule has 116 valence electrons. The molecule has 0 atom stereocenters. The van der Waals surface area contributed by atoms with Gasteiger partial charge in [0.05, 0.1) is 34.5 Å². The Morgan fingerprint density at radius 3 is 2.77 bits per heavy atom. The quantitative estimate of drug-likeness (QED) is 0.927. The fourth-order valence-corrected chi connectivity index (χ4v) is 3.62. The minimum atomic E-state index is -0.0933. The molecule has 1 fully saturated rings. The number of ether oxygens (including phenoxy) is 1. The molecule has 0 aliphatic carbocycles. The van der Waals surface area contributed by atoms with Gasteiger partial charge in [-0.2, -0.15) is 0 Å². The van der Waals surface area contributed by atoms with E-state index in [-0.39, 0.29) is 5.91 Å². The second-order valence-electron chi connectivity index (χ2n) is 5.12. The molecule has 0 unspecified atom stereocenters. The lowest BCUT2D eigenvalue weighted by Gasteiger charge is -2.31. The molecule has 1 N–H and O–H groups in total. The van der Waals surface area contributed by atoms with Gasteiger partial charge in [0.25, 0.3) is 5.91 Å². The number of carbonyl (C=O) groups excluding carboxylic acids is 1. The molecular weight excluding hydrogens is 320 g/mol. The van der Waals surface area contributed by atoms with Gasteiger partial charge in [0.1, 0.15) is 0 Å². The van der Waals surface area contributed by atoms with Crippen LogP contribution in [-0.2, 0) is 4.74 Å². The topological polar surface area (TPSA) is 41.6 Å². The number of rotatable bonds is 3. The number of nitrogens with zero attached hydrogens (tertiary/aromatic N) is 1. The highest BCUT2D eigenvalue weighted by atomic mass is 35.5. The zero-order valence-corrected chi connectivity index (χ0v) is 13.8. The van der Waals surface area contributed by atoms with Gasteiger partial charge in [-0.05, 0) is 36.1 Å². The number of halogens is 1. The third-order valence-electron chi connectivity index (χ3n) is 3.63. The van der Waals surface area contributed by atoms with Crippen LogP contribution in [0.2, 0.25) is 5.02 Å². The van der Waals surface area contributed by atoms with Crippen molar-refractivity contribution < 1.29 is 9.53 Å². The summed E-state index contributed by atoms with van der Waals surface area (Å²) in [5.74, 6) is -0.0933. The van der Waals surface area contributed by atoms with E-state index in [1.807, 2.05) is 36.6 Å². The molecule has 1 saturated heterocycles. The SMILES string of the molecule is Cc1ccsc1C(=O)Nc1cccc(Cl)c1N1CCOCC1. The van der Waals surface area contributed by atoms with Crippen LogP contribution in [0.15, 0.2) is 29.6 Å². The number of amides is 1. The van der Waals surface area contributed by atoms with Gasteiger partial charge in [-0.1, -0.05) is 17.7 Å². The maximum absolute atomic E-state index is 12.5. The third kappa shape index (κ3) is 3.11. The summed E-state index contributed by atoms with van der Waals surface area (Å²) in [5, 5.41) is 5.56. The van der Waals surface area contributed by atoms with Crippen molar-refractivity contribution in [2.45, 2.75) is 6.92 Å². The summed E-state index contributed by atoms with van der Waals surface area (Å²) in [7, 11) is 0. The average molecular weight is 337 g/mol. The van der Waals surface area contributed by atoms with Crippen molar-refractivity contribution in [3.05, 3.63) is 45.1 Å². The Balaban J connectivity index is 1.88. The standard InChI is InChI=1S/C16H17ClN2O2S/c1-11-5-10-22-15(11)16(20)18-13-4-2-3-12(17)14(13)19-6-8-21-9-7-19/h2-5,10H,6-9H2,1H3,(H,18,20). The van der Waals surface area contributed by atoms with E-state index in [4.69, 9.17) is 16.3 Å². The van der Waals surface area contributed by atoms with E-state index >= 15 is 0 Å². The molecule has 2 heterocycles. The minimum Gasteiger partial charge on any atom is -0.378 e. The number of morpholine rings is 1. The molecule has 3 rings (SSSR count). The van der Waals surface area contributed by atoms with E-state index in [0.29, 0.717) is 18.2 Å². The molecule has 0 radical (unpaired) electrons. The number of para-hydroxylation sites is 1. The van der Waals surface area contributed by atoms with Crippen molar-refractivity contribution in [2.24, 2.45) is 0 Å². The van der Waals surface area contributed by atoms with Crippen LogP contribution >= 0.6 is 22.9 Å². The van der Waals surface area contributed by atoms with Crippen molar-refractivity contribution in [1.82, 2.24) is 0 Å². The first-order chi connectivity index (χ1) is 10.7. The molecule has 1 aromatic carbocycles. The van der Waals surface area contributed by atoms with Crippen LogP contribution in [-0.4, -0.2) is 32.2 Å². The van der Waals surface area contributed by atoms with E-state index in [1.54, 1.807) is 0 Å². The first-order valence-corrected chi connectivity index (χ1v) is 8.39. The van der Waals surface area contributed by atoms with Crippen LogP contribution in [0.3, 0.4) is 0 Å². The minimum absolute atomic E-state index is 0.0933. The Hall–Kier alpha value is -1.56. The number of benzene rings is 1. The number of aryl methyl sites for hydroxylation is 1. The van der Waals surface area contributed by atoms with Crippen molar-refractivity contribution in [1.29, 1.82) is 0 Å². The molecule has 4 nitrogen and oxygen atoms in total. The average Bonchev–Trinajstić information content (AvgIpc) is 2.94. The summed E-state index contributed by atoms with van der Waals surface area (Å²) in [4.78, 5) is 15.3. The first kappa shape index (κ1) is 15.3. The fourth-order valence-electron chi connectivity index (χ4n) is 2.51. The summed E-state index contributed by atoms with van der Waals surface area (Å²) in [6.45, 7) is 4.81. The van der Waals surface area contributed by atoms with E-state index in [0.717, 1.165) is 34.9 Å². The van der Waals surface area contributed by atoms with Crippen molar-refractivity contribution >= 4 is 40.2 Å². The van der Waals surface area contributed by atoms with E-state index in [9.17, 15) is 4.79 Å². The van der Waals surface area contributed by atoms with Gasteiger partial charge in [0, 0.05) is 13.1 Å². The zero-order valence-electron chi connectivity index (χ0n) is 12.3. The first-order valence-electron chi connectivity index (χ1n) is 7.13. The summed E-state index contributed by atoms with van der Waals surface area (Å²) in [6, 6.07) is 7.53. The maximum atomic E-state index is 12.5. The second-order valence-corrected chi connectivity index (χ2v) is 6.45. The van der Waals surface area contributed by atoms with E-state index in [2.05, 4.69) is 10.2 Å². The molecule has 0 bridgehead atoms. The Kier molecular flexibility index (Phi) is 4.66. The van der Waals surface area contributed by atoms with Crippen molar-refractivity contribution in [3.8, 4) is 0 Å². The summed E-state index contributed by atoms with van der Waals surface area (Å²) >= 11 is 7.82. The fraction of sp³-hybridized carbons (Fsp3) is 0.312. The molecule has 22 heavy (non-hydrogen) atoms. The van der Waals surface area contributed by atoms with Gasteiger partial charge in [0.15, 0.2) is 0 Å². The van der Waals surface area contributed by atoms with Crippen LogP contribution < -0.4 is 10.2 Å². The van der Waals surface area contributed by atoms with Gasteiger partial charge in [-0.25, -0.2) is 0 Å². The van der Waals surface area contributed by atoms with Gasteiger partial charge < -0.3 is 15.0 Å². The van der Waals surface area contributed by atoms with Gasteiger partial charge in [-0.3, -0.25) is 4.79 Å². The predicted molar refractivity (Wildman–Crippen MR) is 91.5 cm³/mol. The lowest BCUT2D eigenvalue weighted by Crippen LogP contribution is -2.37. The van der Waals surface area contributed by atoms with Crippen molar-refractivity contribution in [2.75, 3.05) is 36.5 Å². The van der Waals surface area contributed by atoms with Crippen LogP contribution in [0.1, 0.15) is 15.2 Å². The molecule has 1 aliphatic heterocycles. The Morgan fingerprint density at radius 1 is 1.32 bits per heavy atom. The number of carbonyl (C=O) groups is 1. The van der Waals surface area contributed by atoms with E-state index < -0.39 is 0 Å². The largest absolute Gasteiger partial charge is 0.378 e. The molecule has 1 aliphatic rings. The summed E-state index contributed by atoms with van der Waals surface area (Å²) in [5.41, 5.74) is 2.60. The van der Waals surface area contributed by atoms with Crippen molar-refractivity contribution in [3.63, 3.8) is 0 Å². The highest BCUT2D eigenvalue weighted by molar-refractivity contribution is 7.12. The van der Waals surface area contributed by atoms with Gasteiger partial charge >= 0.3 is 0 Å². The maximum Gasteiger partial charge on any atom is 0.266 e. The molecule has 1 aromatic heterocycles. The zero-order chi connectivity index (χ0) is 15.5. The number of nitrogens with one attached hydrogen (secondary N) is 1. The Morgan fingerprint density at radius 2 is 2.09 bits per heavy atom. The summed E-state index contributed by atoms with van der Waals surface area (Å²) in [6.07, 6.45) is 0. The lowest BCUT2D eigenvalue weighted by atomic mass is 10.2. The van der Waals surface area contributed by atoms with Gasteiger partial charge in [0.2, 0.25) is 0 Å². The predicted octanol–water partition coefficient (Wildman–Crippen LogP) is 3.80. The van der Waals surface area contributed by atoms with Gasteiger partial charge in [-0.15, -0.1) is 11.3 Å². The normalized spacial score (nSPS) is 14.9. The Bertz CT molecular complexity index is 681. The monoisotopic (exact) mass is 336 g/mol. The number of hydrogen-bond acceptors (Lipinski definition) is 4. The smallest absolute Gasteiger partial charge is 0.266 e. The number of hydrogen-bond donors (Lipinski definition) is 1. The second kappa shape index (κ2) is 6.69. The molecular formula is C16H17ClN2O2S. The van der Waals surface area contributed by atoms with Crippen LogP contribution in [0.5, 0.6) is 0 Å². The molecule has 6 heteroatoms. The molecule has 1 amide bonds. The Labute approximate surface area is 138 Å². The van der Waals surface area contributed by atoms with Crippen LogP contribution in [0.25, 0.3) is 0 Å².